The van der Waals surface area contributed by atoms with Crippen LogP contribution in [0.1, 0.15) is 55.9 Å². The van der Waals surface area contributed by atoms with Gasteiger partial charge in [0.05, 0.1) is 18.1 Å². The summed E-state index contributed by atoms with van der Waals surface area (Å²) < 4.78 is 7.98. The number of hydrogen-bond donors (Lipinski definition) is 0. The van der Waals surface area contributed by atoms with Crippen molar-refractivity contribution in [3.05, 3.63) is 366 Å². The predicted octanol–water partition coefficient (Wildman–Crippen LogP) is 23.9. The second kappa shape index (κ2) is 37.5. The first-order valence-corrected chi connectivity index (χ1v) is 35.0. The summed E-state index contributed by atoms with van der Waals surface area (Å²) in [4.78, 5) is 11.9. The number of aromatic nitrogens is 7. The van der Waals surface area contributed by atoms with E-state index in [4.69, 9.17) is 9.52 Å². The molecule has 0 amide bonds. The monoisotopic (exact) mass is 1750 g/mol. The zero-order valence-corrected chi connectivity index (χ0v) is 67.8. The summed E-state index contributed by atoms with van der Waals surface area (Å²) in [5.41, 5.74) is 32.5. The molecule has 0 N–H and O–H groups in total. The molecule has 0 fully saturated rings. The Balaban J connectivity index is 0.000000161. The Morgan fingerprint density at radius 2 is 0.726 bits per heavy atom. The molecular formula is C93H77N7ORh4S-4. The summed E-state index contributed by atoms with van der Waals surface area (Å²) >= 11 is 1.73. The molecule has 0 aliphatic heterocycles. The third-order valence-electron chi connectivity index (χ3n) is 18.1. The summed E-state index contributed by atoms with van der Waals surface area (Å²) in [6, 6.07) is 104. The molecule has 0 aliphatic rings. The van der Waals surface area contributed by atoms with Crippen LogP contribution in [-0.4, -0.2) is 34.7 Å². The zero-order valence-electron chi connectivity index (χ0n) is 60.4. The number of thiazole rings is 1. The van der Waals surface area contributed by atoms with Gasteiger partial charge in [-0.3, -0.25) is 14.6 Å². The molecule has 536 valence electrons. The Morgan fingerprint density at radius 1 is 0.340 bits per heavy atom. The van der Waals surface area contributed by atoms with Crippen molar-refractivity contribution in [2.45, 2.75) is 69.2 Å². The van der Waals surface area contributed by atoms with E-state index in [0.29, 0.717) is 5.89 Å². The quantitative estimate of drug-likeness (QED) is 0.0895. The third kappa shape index (κ3) is 18.7. The van der Waals surface area contributed by atoms with Crippen LogP contribution in [0.2, 0.25) is 0 Å². The maximum atomic E-state index is 6.02. The number of benzene rings is 12. The number of rotatable bonds is 12. The summed E-state index contributed by atoms with van der Waals surface area (Å²) in [5.74, 6) is 1.39. The summed E-state index contributed by atoms with van der Waals surface area (Å²) in [5, 5.41) is 15.0. The molecule has 16 rings (SSSR count). The minimum atomic E-state index is 0. The molecule has 0 saturated heterocycles. The third-order valence-corrected chi connectivity index (χ3v) is 19.1. The van der Waals surface area contributed by atoms with Gasteiger partial charge in [-0.25, -0.2) is 0 Å². The van der Waals surface area contributed by atoms with Crippen LogP contribution >= 0.6 is 11.3 Å². The maximum Gasteiger partial charge on any atom is 0.141 e. The fraction of sp³-hybridized carbons (Fsp3) is 0.108. The standard InChI is InChI=1S/C24H21N2.C23H20N3.C23H18NO.C23H18NS.4Rh/c1-17-14-21(20-10-6-4-7-11-20)15-18(2)24(17)23-16-25-26(19(23)3)22-12-8-5-9-13-22;1-16-14-20(19-10-6-4-7-11-19)15-17(2)22(16)23-18(3)24-26(25-23)21-12-8-5-9-13-21;2*1-16-13-20(18-9-5-3-6-10-18)14-17(2)22(16)21-15-24-23(25-21)19-11-7-4-8-12-19;;;;/h4-12,14-16H,1-3H3;4-12,14-15H,1-3H3;2*3-11,13-15H,1-2H3;;;;/q4*-1;;;;. The van der Waals surface area contributed by atoms with Crippen LogP contribution < -0.4 is 0 Å². The van der Waals surface area contributed by atoms with Crippen molar-refractivity contribution < 1.29 is 82.3 Å². The maximum absolute atomic E-state index is 6.02. The van der Waals surface area contributed by atoms with Crippen LogP contribution in [-0.2, 0) is 77.9 Å². The fourth-order valence-corrected chi connectivity index (χ4v) is 14.4. The molecule has 8 nitrogen and oxygen atoms in total. The minimum absolute atomic E-state index is 0. The van der Waals surface area contributed by atoms with Gasteiger partial charge in [-0.2, -0.15) is 80.0 Å². The number of para-hydroxylation sites is 2. The Bertz CT molecular complexity index is 5140. The van der Waals surface area contributed by atoms with Crippen molar-refractivity contribution >= 4 is 11.3 Å². The van der Waals surface area contributed by atoms with Crippen molar-refractivity contribution in [1.29, 1.82) is 0 Å². The second-order valence-electron chi connectivity index (χ2n) is 25.5. The largest absolute Gasteiger partial charge is 0.481 e. The van der Waals surface area contributed by atoms with E-state index in [-0.39, 0.29) is 77.9 Å². The Hall–Kier alpha value is -9.68. The van der Waals surface area contributed by atoms with Gasteiger partial charge in [0.2, 0.25) is 0 Å². The van der Waals surface area contributed by atoms with Crippen molar-refractivity contribution in [1.82, 2.24) is 34.7 Å². The normalized spacial score (nSPS) is 10.4. The van der Waals surface area contributed by atoms with Crippen LogP contribution in [0, 0.1) is 93.5 Å². The van der Waals surface area contributed by atoms with E-state index in [0.717, 1.165) is 61.5 Å². The van der Waals surface area contributed by atoms with Crippen LogP contribution in [0.5, 0.6) is 0 Å². The number of oxazole rings is 1. The first kappa shape index (κ1) is 80.4. The van der Waals surface area contributed by atoms with Gasteiger partial charge in [-0.1, -0.05) is 175 Å². The van der Waals surface area contributed by atoms with E-state index in [1.54, 1.807) is 22.3 Å². The molecule has 12 aromatic carbocycles. The number of aryl methyl sites for hydroxylation is 9. The van der Waals surface area contributed by atoms with E-state index in [9.17, 15) is 0 Å². The average Bonchev–Trinajstić information content (AvgIpc) is 1.54. The van der Waals surface area contributed by atoms with Crippen LogP contribution in [0.15, 0.2) is 290 Å². The van der Waals surface area contributed by atoms with Gasteiger partial charge in [-0.15, -0.1) is 78.4 Å². The predicted molar refractivity (Wildman–Crippen MR) is 421 cm³/mol. The Morgan fingerprint density at radius 3 is 1.15 bits per heavy atom. The van der Waals surface area contributed by atoms with E-state index in [1.807, 2.05) is 127 Å². The van der Waals surface area contributed by atoms with E-state index >= 15 is 0 Å². The molecule has 0 unspecified atom stereocenters. The van der Waals surface area contributed by atoms with Crippen LogP contribution in [0.4, 0.5) is 0 Å². The molecule has 106 heavy (non-hydrogen) atoms. The number of nitrogens with zero attached hydrogens (tertiary/aromatic N) is 7. The Kier molecular flexibility index (Phi) is 28.5. The number of hydrogen-bond acceptors (Lipinski definition) is 7. The molecular weight excluding hydrogens is 1670 g/mol. The molecule has 0 atom stereocenters. The molecule has 0 aliphatic carbocycles. The van der Waals surface area contributed by atoms with Crippen molar-refractivity contribution in [3.8, 4) is 122 Å². The van der Waals surface area contributed by atoms with Crippen LogP contribution in [0.25, 0.3) is 122 Å². The van der Waals surface area contributed by atoms with Crippen molar-refractivity contribution in [2.75, 3.05) is 0 Å². The van der Waals surface area contributed by atoms with Crippen molar-refractivity contribution in [3.63, 3.8) is 0 Å². The zero-order chi connectivity index (χ0) is 70.6. The average molecular weight is 1750 g/mol. The van der Waals surface area contributed by atoms with Gasteiger partial charge in [0.1, 0.15) is 17.3 Å². The summed E-state index contributed by atoms with van der Waals surface area (Å²) in [6.45, 7) is 21.4. The van der Waals surface area contributed by atoms with Gasteiger partial charge in [0.15, 0.2) is 0 Å². The topological polar surface area (TPSA) is 87.5 Å². The fourth-order valence-electron chi connectivity index (χ4n) is 13.3. The first-order chi connectivity index (χ1) is 49.7. The molecule has 0 bridgehead atoms. The van der Waals surface area contributed by atoms with E-state index < -0.39 is 0 Å². The van der Waals surface area contributed by atoms with Crippen molar-refractivity contribution in [2.24, 2.45) is 0 Å². The molecule has 0 spiro atoms. The second-order valence-corrected chi connectivity index (χ2v) is 26.5. The molecule has 0 saturated carbocycles. The molecule has 4 heterocycles. The Labute approximate surface area is 679 Å². The van der Waals surface area contributed by atoms with E-state index in [1.165, 1.54) is 111 Å². The molecule has 16 aromatic rings. The van der Waals surface area contributed by atoms with Gasteiger partial charge in [0.25, 0.3) is 0 Å². The van der Waals surface area contributed by atoms with E-state index in [2.05, 4.69) is 271 Å². The SMILES string of the molecule is Cc1cc(-c2ccccc2)cc(C)c1-c1cnc(-c2[c-]cccc2)o1.Cc1cc(-c2ccccc2)cc(C)c1-c1cnc(-c2[c-]cccc2)s1.Cc1cc(-c2ccccc2)cc(C)c1-c1cnn(-c2[c-]cccc2)c1C.Cc1cc(-c2ccccc2)cc(C)c1-c1nn(-c2[c-]cccc2)nc1C.[Rh].[Rh].[Rh].[Rh]. The first-order valence-electron chi connectivity index (χ1n) is 34.2. The molecule has 4 radical (unpaired) electrons. The van der Waals surface area contributed by atoms with Gasteiger partial charge < -0.3 is 4.42 Å². The molecule has 13 heteroatoms. The smallest absolute Gasteiger partial charge is 0.141 e. The summed E-state index contributed by atoms with van der Waals surface area (Å²) in [6.07, 6.45) is 5.75. The molecule has 4 aromatic heterocycles. The van der Waals surface area contributed by atoms with Crippen LogP contribution in [0.3, 0.4) is 0 Å². The van der Waals surface area contributed by atoms with Gasteiger partial charge in [-0.05, 0) is 181 Å². The minimum Gasteiger partial charge on any atom is -0.481 e. The van der Waals surface area contributed by atoms with Gasteiger partial charge >= 0.3 is 0 Å². The summed E-state index contributed by atoms with van der Waals surface area (Å²) in [7, 11) is 0. The van der Waals surface area contributed by atoms with Gasteiger partial charge in [0, 0.05) is 116 Å².